The van der Waals surface area contributed by atoms with Gasteiger partial charge in [0, 0.05) is 36.8 Å². The Kier molecular flexibility index (Phi) is 4.72. The Morgan fingerprint density at radius 1 is 1.08 bits per heavy atom. The summed E-state index contributed by atoms with van der Waals surface area (Å²) in [5.74, 6) is 2.12. The molecule has 0 amide bonds. The van der Waals surface area contributed by atoms with Crippen LogP contribution in [0.2, 0.25) is 0 Å². The molecular weight excluding hydrogens is 312 g/mol. The fraction of sp³-hybridized carbons (Fsp3) is 0.950. The van der Waals surface area contributed by atoms with Gasteiger partial charge in [-0.3, -0.25) is 20.3 Å². The summed E-state index contributed by atoms with van der Waals surface area (Å²) in [6.07, 6.45) is 7.00. The van der Waals surface area contributed by atoms with Crippen molar-refractivity contribution in [1.29, 1.82) is 0 Å². The van der Waals surface area contributed by atoms with E-state index < -0.39 is 0 Å². The van der Waals surface area contributed by atoms with Crippen LogP contribution >= 0.6 is 0 Å². The van der Waals surface area contributed by atoms with Crippen molar-refractivity contribution in [3.63, 3.8) is 0 Å². The summed E-state index contributed by atoms with van der Waals surface area (Å²) in [6, 6.07) is 1.04. The third-order valence-electron chi connectivity index (χ3n) is 7.22. The molecule has 5 nitrogen and oxygen atoms in total. The van der Waals surface area contributed by atoms with Crippen LogP contribution in [0, 0.1) is 17.8 Å². The second-order valence-electron chi connectivity index (χ2n) is 9.77. The highest BCUT2D eigenvalue weighted by Crippen LogP contribution is 2.50. The third-order valence-corrected chi connectivity index (χ3v) is 7.22. The summed E-state index contributed by atoms with van der Waals surface area (Å²) in [4.78, 5) is 15.4. The van der Waals surface area contributed by atoms with Crippen molar-refractivity contribution in [1.82, 2.24) is 20.9 Å². The van der Waals surface area contributed by atoms with Gasteiger partial charge in [-0.1, -0.05) is 32.1 Å². The molecule has 0 radical (unpaired) electrons. The van der Waals surface area contributed by atoms with Gasteiger partial charge in [-0.2, -0.15) is 0 Å². The van der Waals surface area contributed by atoms with Crippen molar-refractivity contribution >= 4 is 5.78 Å². The molecular formula is C20H36N4O. The monoisotopic (exact) mass is 348 g/mol. The number of hydrogen-bond donors (Lipinski definition) is 3. The van der Waals surface area contributed by atoms with Crippen LogP contribution in [0.25, 0.3) is 0 Å². The Balaban J connectivity index is 1.73. The average molecular weight is 349 g/mol. The summed E-state index contributed by atoms with van der Waals surface area (Å²) in [7, 11) is 0. The van der Waals surface area contributed by atoms with E-state index in [2.05, 4.69) is 41.6 Å². The van der Waals surface area contributed by atoms with E-state index in [0.717, 1.165) is 13.2 Å². The lowest BCUT2D eigenvalue weighted by atomic mass is 9.69. The average Bonchev–Trinajstić information content (AvgIpc) is 3.09. The van der Waals surface area contributed by atoms with E-state index in [1.165, 1.54) is 32.1 Å². The van der Waals surface area contributed by atoms with E-state index >= 15 is 0 Å². The zero-order valence-corrected chi connectivity index (χ0v) is 16.3. The van der Waals surface area contributed by atoms with Crippen molar-refractivity contribution in [2.45, 2.75) is 89.6 Å². The summed E-state index contributed by atoms with van der Waals surface area (Å²) in [5, 5.41) is 11.1. The molecule has 25 heavy (non-hydrogen) atoms. The highest BCUT2D eigenvalue weighted by atomic mass is 16.1. The Morgan fingerprint density at radius 3 is 2.44 bits per heavy atom. The van der Waals surface area contributed by atoms with E-state index in [4.69, 9.17) is 0 Å². The number of likely N-dealkylation sites (tertiary alicyclic amines) is 1. The molecule has 3 aliphatic heterocycles. The van der Waals surface area contributed by atoms with Gasteiger partial charge in [-0.25, -0.2) is 0 Å². The van der Waals surface area contributed by atoms with Gasteiger partial charge in [0.15, 0.2) is 0 Å². The first kappa shape index (κ1) is 17.9. The van der Waals surface area contributed by atoms with E-state index in [1.807, 2.05) is 6.92 Å². The van der Waals surface area contributed by atoms with Crippen LogP contribution in [0.3, 0.4) is 0 Å². The van der Waals surface area contributed by atoms with Gasteiger partial charge in [-0.15, -0.1) is 0 Å². The zero-order valence-electron chi connectivity index (χ0n) is 16.3. The molecule has 4 aliphatic rings. The molecule has 0 aromatic heterocycles. The molecule has 6 atom stereocenters. The number of nitrogens with one attached hydrogen (secondary N) is 3. The molecule has 4 fully saturated rings. The van der Waals surface area contributed by atoms with Gasteiger partial charge >= 0.3 is 0 Å². The number of carbonyl (C=O) groups excluding carboxylic acids is 1. The Labute approximate surface area is 152 Å². The maximum Gasteiger partial charge on any atom is 0.147 e. The smallest absolute Gasteiger partial charge is 0.147 e. The van der Waals surface area contributed by atoms with Gasteiger partial charge in [0.2, 0.25) is 0 Å². The molecule has 0 aromatic carbocycles. The van der Waals surface area contributed by atoms with Crippen LogP contribution in [0.5, 0.6) is 0 Å². The normalized spacial score (nSPS) is 43.0. The first-order chi connectivity index (χ1) is 11.9. The van der Waals surface area contributed by atoms with Crippen LogP contribution in [0.4, 0.5) is 0 Å². The highest BCUT2D eigenvalue weighted by Gasteiger charge is 2.62. The van der Waals surface area contributed by atoms with Crippen molar-refractivity contribution in [3.8, 4) is 0 Å². The van der Waals surface area contributed by atoms with Crippen LogP contribution < -0.4 is 16.0 Å². The van der Waals surface area contributed by atoms with E-state index in [-0.39, 0.29) is 11.6 Å². The van der Waals surface area contributed by atoms with E-state index in [0.29, 0.717) is 41.8 Å². The lowest BCUT2D eigenvalue weighted by Crippen LogP contribution is -2.61. The second-order valence-corrected chi connectivity index (χ2v) is 9.77. The van der Waals surface area contributed by atoms with Gasteiger partial charge in [0.1, 0.15) is 5.78 Å². The Morgan fingerprint density at radius 2 is 1.80 bits per heavy atom. The van der Waals surface area contributed by atoms with Crippen molar-refractivity contribution in [2.24, 2.45) is 17.8 Å². The minimum atomic E-state index is -0.00338. The quantitative estimate of drug-likeness (QED) is 0.709. The molecule has 3 N–H and O–H groups in total. The van der Waals surface area contributed by atoms with Crippen molar-refractivity contribution in [2.75, 3.05) is 13.2 Å². The predicted molar refractivity (Wildman–Crippen MR) is 100 cm³/mol. The topological polar surface area (TPSA) is 56.4 Å². The third kappa shape index (κ3) is 2.97. The van der Waals surface area contributed by atoms with Gasteiger partial charge < -0.3 is 5.32 Å². The van der Waals surface area contributed by atoms with Crippen LogP contribution in [0.15, 0.2) is 0 Å². The largest absolute Gasteiger partial charge is 0.303 e. The molecule has 6 unspecified atom stereocenters. The molecule has 0 aromatic rings. The highest BCUT2D eigenvalue weighted by molar-refractivity contribution is 5.82. The van der Waals surface area contributed by atoms with Gasteiger partial charge in [-0.05, 0) is 39.5 Å². The number of nitrogens with zero attached hydrogens (tertiary/aromatic N) is 1. The van der Waals surface area contributed by atoms with E-state index in [1.54, 1.807) is 0 Å². The molecule has 0 bridgehead atoms. The number of ketones is 1. The summed E-state index contributed by atoms with van der Waals surface area (Å²) >= 11 is 0. The van der Waals surface area contributed by atoms with Crippen LogP contribution in [-0.2, 0) is 4.79 Å². The summed E-state index contributed by atoms with van der Waals surface area (Å²) in [5.41, 5.74) is -0.00338. The molecule has 0 spiro atoms. The van der Waals surface area contributed by atoms with E-state index in [9.17, 15) is 4.79 Å². The fourth-order valence-electron chi connectivity index (χ4n) is 6.46. The molecule has 1 aliphatic carbocycles. The SMILES string of the molecule is CC(=O)C1C(C2CCCCC2)C2C3NCNCC3NC2N1C(C)(C)C. The number of rotatable bonds is 2. The first-order valence-corrected chi connectivity index (χ1v) is 10.4. The molecule has 1 saturated carbocycles. The summed E-state index contributed by atoms with van der Waals surface area (Å²) in [6.45, 7) is 10.6. The van der Waals surface area contributed by atoms with Gasteiger partial charge in [0.25, 0.3) is 0 Å². The lowest BCUT2D eigenvalue weighted by Gasteiger charge is -2.43. The maximum absolute atomic E-state index is 12.8. The Hall–Kier alpha value is -0.490. The predicted octanol–water partition coefficient (Wildman–Crippen LogP) is 1.69. The summed E-state index contributed by atoms with van der Waals surface area (Å²) < 4.78 is 0. The van der Waals surface area contributed by atoms with Crippen molar-refractivity contribution in [3.05, 3.63) is 0 Å². The minimum Gasteiger partial charge on any atom is -0.303 e. The first-order valence-electron chi connectivity index (χ1n) is 10.4. The minimum absolute atomic E-state index is 0.00338. The van der Waals surface area contributed by atoms with Crippen LogP contribution in [-0.4, -0.2) is 53.7 Å². The number of Topliss-reactive ketones (excluding diaryl/α,β-unsaturated/α-hetero) is 1. The number of fused-ring (bicyclic) bond motifs is 3. The maximum atomic E-state index is 12.8. The fourth-order valence-corrected chi connectivity index (χ4v) is 6.46. The number of hydrogen-bond acceptors (Lipinski definition) is 5. The molecule has 3 heterocycles. The molecule has 5 heteroatoms. The Bertz CT molecular complexity index is 510. The second kappa shape index (κ2) is 6.59. The van der Waals surface area contributed by atoms with Gasteiger partial charge in [0.05, 0.1) is 12.2 Å². The van der Waals surface area contributed by atoms with Crippen LogP contribution in [0.1, 0.15) is 59.8 Å². The number of carbonyl (C=O) groups is 1. The zero-order chi connectivity index (χ0) is 17.8. The molecule has 4 rings (SSSR count). The lowest BCUT2D eigenvalue weighted by molar-refractivity contribution is -0.126. The standard InChI is InChI=1S/C20H36N4O/c1-12(25)18-15(13-8-6-5-7-9-13)16-17-14(10-21-11-22-17)23-19(16)24(18)20(2,3)4/h13-19,21-23H,5-11H2,1-4H3. The molecule has 3 saturated heterocycles. The molecule has 142 valence electrons. The van der Waals surface area contributed by atoms with Crippen molar-refractivity contribution < 1.29 is 4.79 Å².